The number of amides is 1. The highest BCUT2D eigenvalue weighted by Crippen LogP contribution is 2.35. The SMILES string of the molecule is C[C@@H](Nc1cc(F)cc(F)c1)c1cc(C(=O)N(C)C)cc2c(=O)cc(C3CCCCC3)oc12. The number of nitrogens with one attached hydrogen (secondary N) is 1. The fraction of sp³-hybridized carbons (Fsp3) is 0.385. The minimum atomic E-state index is -0.697. The Morgan fingerprint density at radius 2 is 1.70 bits per heavy atom. The third-order valence-corrected chi connectivity index (χ3v) is 6.25. The number of hydrogen-bond donors (Lipinski definition) is 1. The molecule has 0 radical (unpaired) electrons. The van der Waals surface area contributed by atoms with Gasteiger partial charge in [-0.05, 0) is 44.0 Å². The zero-order chi connectivity index (χ0) is 23.7. The van der Waals surface area contributed by atoms with Gasteiger partial charge < -0.3 is 14.6 Å². The topological polar surface area (TPSA) is 62.6 Å². The predicted molar refractivity (Wildman–Crippen MR) is 125 cm³/mol. The number of hydrogen-bond acceptors (Lipinski definition) is 4. The Morgan fingerprint density at radius 3 is 2.33 bits per heavy atom. The number of halogens is 2. The van der Waals surface area contributed by atoms with E-state index >= 15 is 0 Å². The number of benzene rings is 2. The number of carbonyl (C=O) groups excluding carboxylic acids is 1. The van der Waals surface area contributed by atoms with Gasteiger partial charge in [0.05, 0.1) is 11.4 Å². The summed E-state index contributed by atoms with van der Waals surface area (Å²) in [5.41, 5.74) is 1.38. The van der Waals surface area contributed by atoms with E-state index in [-0.39, 0.29) is 22.9 Å². The first-order valence-electron chi connectivity index (χ1n) is 11.3. The summed E-state index contributed by atoms with van der Waals surface area (Å²) in [6, 6.07) is 7.50. The second-order valence-electron chi connectivity index (χ2n) is 9.01. The van der Waals surface area contributed by atoms with Crippen LogP contribution in [0.15, 0.2) is 45.6 Å². The van der Waals surface area contributed by atoms with Crippen LogP contribution in [0.2, 0.25) is 0 Å². The van der Waals surface area contributed by atoms with Crippen molar-refractivity contribution in [2.24, 2.45) is 0 Å². The summed E-state index contributed by atoms with van der Waals surface area (Å²) in [5.74, 6) is -0.802. The predicted octanol–water partition coefficient (Wildman–Crippen LogP) is 5.99. The maximum absolute atomic E-state index is 13.7. The molecule has 1 atom stereocenters. The molecular formula is C26H28F2N2O3. The lowest BCUT2D eigenvalue weighted by atomic mass is 9.87. The zero-order valence-corrected chi connectivity index (χ0v) is 19.1. The molecule has 174 valence electrons. The number of carbonyl (C=O) groups is 1. The molecule has 3 aromatic rings. The summed E-state index contributed by atoms with van der Waals surface area (Å²) < 4.78 is 33.7. The molecule has 1 aromatic heterocycles. The van der Waals surface area contributed by atoms with Crippen LogP contribution in [-0.4, -0.2) is 24.9 Å². The van der Waals surface area contributed by atoms with Crippen molar-refractivity contribution in [2.75, 3.05) is 19.4 Å². The normalized spacial score (nSPS) is 15.4. The molecule has 0 spiro atoms. The Hall–Kier alpha value is -3.22. The molecule has 4 rings (SSSR count). The average Bonchev–Trinajstić information content (AvgIpc) is 2.77. The lowest BCUT2D eigenvalue weighted by Gasteiger charge is -2.23. The van der Waals surface area contributed by atoms with Crippen molar-refractivity contribution in [1.82, 2.24) is 4.90 Å². The van der Waals surface area contributed by atoms with Crippen molar-refractivity contribution >= 4 is 22.6 Å². The molecule has 7 heteroatoms. The van der Waals surface area contributed by atoms with Crippen LogP contribution in [-0.2, 0) is 0 Å². The Kier molecular flexibility index (Phi) is 6.49. The molecule has 1 heterocycles. The molecule has 33 heavy (non-hydrogen) atoms. The molecule has 0 bridgehead atoms. The second kappa shape index (κ2) is 9.33. The average molecular weight is 455 g/mol. The van der Waals surface area contributed by atoms with Crippen LogP contribution in [0.5, 0.6) is 0 Å². The van der Waals surface area contributed by atoms with E-state index in [1.54, 1.807) is 39.2 Å². The maximum Gasteiger partial charge on any atom is 0.253 e. The summed E-state index contributed by atoms with van der Waals surface area (Å²) in [6.07, 6.45) is 5.31. The van der Waals surface area contributed by atoms with Crippen molar-refractivity contribution in [1.29, 1.82) is 0 Å². The van der Waals surface area contributed by atoms with E-state index in [9.17, 15) is 18.4 Å². The Labute approximate surface area is 191 Å². The van der Waals surface area contributed by atoms with Gasteiger partial charge >= 0.3 is 0 Å². The first kappa shape index (κ1) is 23.0. The highest BCUT2D eigenvalue weighted by molar-refractivity contribution is 5.98. The highest BCUT2D eigenvalue weighted by atomic mass is 19.1. The monoisotopic (exact) mass is 454 g/mol. The van der Waals surface area contributed by atoms with Gasteiger partial charge in [-0.2, -0.15) is 0 Å². The van der Waals surface area contributed by atoms with Crippen molar-refractivity contribution < 1.29 is 18.0 Å². The van der Waals surface area contributed by atoms with Gasteiger partial charge in [0.15, 0.2) is 5.43 Å². The van der Waals surface area contributed by atoms with Crippen molar-refractivity contribution in [3.05, 3.63) is 75.1 Å². The quantitative estimate of drug-likeness (QED) is 0.514. The molecule has 5 nitrogen and oxygen atoms in total. The van der Waals surface area contributed by atoms with Gasteiger partial charge in [-0.1, -0.05) is 19.3 Å². The Balaban J connectivity index is 1.85. The fourth-order valence-electron chi connectivity index (χ4n) is 4.56. The van der Waals surface area contributed by atoms with Crippen LogP contribution in [0.3, 0.4) is 0 Å². The van der Waals surface area contributed by atoms with Gasteiger partial charge in [0.25, 0.3) is 5.91 Å². The van der Waals surface area contributed by atoms with Crippen LogP contribution < -0.4 is 10.7 Å². The van der Waals surface area contributed by atoms with E-state index in [1.165, 1.54) is 23.5 Å². The summed E-state index contributed by atoms with van der Waals surface area (Å²) in [6.45, 7) is 1.80. The Morgan fingerprint density at radius 1 is 1.03 bits per heavy atom. The summed E-state index contributed by atoms with van der Waals surface area (Å²) in [4.78, 5) is 27.2. The summed E-state index contributed by atoms with van der Waals surface area (Å²) >= 11 is 0. The highest BCUT2D eigenvalue weighted by Gasteiger charge is 2.23. The van der Waals surface area contributed by atoms with Crippen LogP contribution in [0.4, 0.5) is 14.5 Å². The van der Waals surface area contributed by atoms with Crippen molar-refractivity contribution in [3.63, 3.8) is 0 Å². The molecule has 1 fully saturated rings. The van der Waals surface area contributed by atoms with Gasteiger partial charge in [-0.3, -0.25) is 9.59 Å². The van der Waals surface area contributed by atoms with Gasteiger partial charge in [-0.25, -0.2) is 8.78 Å². The van der Waals surface area contributed by atoms with Crippen LogP contribution in [0, 0.1) is 11.6 Å². The Bertz CT molecular complexity index is 1230. The molecule has 1 aliphatic rings. The first-order chi connectivity index (χ1) is 15.7. The minimum Gasteiger partial charge on any atom is -0.460 e. The third-order valence-electron chi connectivity index (χ3n) is 6.25. The lowest BCUT2D eigenvalue weighted by Crippen LogP contribution is -2.22. The van der Waals surface area contributed by atoms with Gasteiger partial charge in [0.1, 0.15) is 23.0 Å². The number of rotatable bonds is 5. The standard InChI is InChI=1S/C26H28F2N2O3/c1-15(29-20-12-18(27)11-19(28)13-20)21-9-17(26(32)30(2)3)10-22-23(31)14-24(33-25(21)22)16-7-5-4-6-8-16/h9-16,29H,4-8H2,1-3H3/t15-/m1/s1. The van der Waals surface area contributed by atoms with Crippen molar-refractivity contribution in [3.8, 4) is 0 Å². The van der Waals surface area contributed by atoms with Gasteiger partial charge in [-0.15, -0.1) is 0 Å². The lowest BCUT2D eigenvalue weighted by molar-refractivity contribution is 0.0827. The minimum absolute atomic E-state index is 0.187. The van der Waals surface area contributed by atoms with Crippen LogP contribution in [0.25, 0.3) is 11.0 Å². The van der Waals surface area contributed by atoms with Crippen LogP contribution >= 0.6 is 0 Å². The molecule has 1 saturated carbocycles. The van der Waals surface area contributed by atoms with Gasteiger partial charge in [0.2, 0.25) is 0 Å². The molecule has 2 aromatic carbocycles. The van der Waals surface area contributed by atoms with E-state index in [4.69, 9.17) is 4.42 Å². The molecule has 0 unspecified atom stereocenters. The number of fused-ring (bicyclic) bond motifs is 1. The van der Waals surface area contributed by atoms with E-state index < -0.39 is 17.7 Å². The number of anilines is 1. The molecule has 0 aliphatic heterocycles. The smallest absolute Gasteiger partial charge is 0.253 e. The molecule has 1 aliphatic carbocycles. The second-order valence-corrected chi connectivity index (χ2v) is 9.01. The summed E-state index contributed by atoms with van der Waals surface area (Å²) in [5, 5.41) is 3.39. The van der Waals surface area contributed by atoms with E-state index in [2.05, 4.69) is 5.32 Å². The largest absolute Gasteiger partial charge is 0.460 e. The van der Waals surface area contributed by atoms with E-state index in [0.29, 0.717) is 27.9 Å². The molecular weight excluding hydrogens is 426 g/mol. The summed E-state index contributed by atoms with van der Waals surface area (Å²) in [7, 11) is 3.27. The third kappa shape index (κ3) is 4.92. The first-order valence-corrected chi connectivity index (χ1v) is 11.3. The van der Waals surface area contributed by atoms with Gasteiger partial charge in [0, 0.05) is 49.0 Å². The molecule has 1 N–H and O–H groups in total. The molecule has 0 saturated heterocycles. The van der Waals surface area contributed by atoms with E-state index in [1.807, 2.05) is 0 Å². The zero-order valence-electron chi connectivity index (χ0n) is 19.1. The van der Waals surface area contributed by atoms with Crippen molar-refractivity contribution in [2.45, 2.75) is 51.0 Å². The maximum atomic E-state index is 13.7. The number of nitrogens with zero attached hydrogens (tertiary/aromatic N) is 1. The molecule has 1 amide bonds. The fourth-order valence-corrected chi connectivity index (χ4v) is 4.56. The van der Waals surface area contributed by atoms with E-state index in [0.717, 1.165) is 31.7 Å². The van der Waals surface area contributed by atoms with Crippen LogP contribution in [0.1, 0.15) is 72.7 Å².